The van der Waals surface area contributed by atoms with E-state index in [4.69, 9.17) is 5.11 Å². The van der Waals surface area contributed by atoms with Gasteiger partial charge in [-0.05, 0) is 6.08 Å². The minimum absolute atomic E-state index is 0.311. The average molecular weight is 223 g/mol. The van der Waals surface area contributed by atoms with Crippen LogP contribution in [-0.4, -0.2) is 22.5 Å². The van der Waals surface area contributed by atoms with Gasteiger partial charge in [0.05, 0.1) is 10.7 Å². The molecule has 1 unspecified atom stereocenters. The smallest absolute Gasteiger partial charge is 0.353 e. The maximum absolute atomic E-state index is 10.9. The van der Waals surface area contributed by atoms with E-state index in [0.717, 1.165) is 17.3 Å². The zero-order chi connectivity index (χ0) is 10.4. The number of carbonyl (C=O) groups is 1. The molecule has 3 aliphatic heterocycles. The standard InChI is InChI=1S/C9H9N3O2S/c13-9(14)7-4-15-8-1-5-2-10-11-6(5)3-12(7)8/h1,3-5,10-11H,2H2,(H,13,14). The summed E-state index contributed by atoms with van der Waals surface area (Å²) in [4.78, 5) is 12.6. The maximum atomic E-state index is 10.9. The molecule has 0 spiro atoms. The molecule has 0 radical (unpaired) electrons. The van der Waals surface area contributed by atoms with Crippen LogP contribution in [0.1, 0.15) is 0 Å². The van der Waals surface area contributed by atoms with Crippen molar-refractivity contribution in [2.24, 2.45) is 5.92 Å². The van der Waals surface area contributed by atoms with Gasteiger partial charge in [-0.3, -0.25) is 0 Å². The van der Waals surface area contributed by atoms with Crippen molar-refractivity contribution in [1.29, 1.82) is 0 Å². The van der Waals surface area contributed by atoms with Crippen molar-refractivity contribution in [2.75, 3.05) is 6.54 Å². The van der Waals surface area contributed by atoms with Crippen LogP contribution in [-0.2, 0) is 4.79 Å². The van der Waals surface area contributed by atoms with Gasteiger partial charge in [-0.1, -0.05) is 11.8 Å². The lowest BCUT2D eigenvalue weighted by Gasteiger charge is -2.23. The zero-order valence-corrected chi connectivity index (χ0v) is 8.54. The fourth-order valence-corrected chi connectivity index (χ4v) is 2.76. The topological polar surface area (TPSA) is 64.6 Å². The molecule has 1 atom stereocenters. The Morgan fingerprint density at radius 1 is 1.67 bits per heavy atom. The molecule has 0 aromatic rings. The molecular weight excluding hydrogens is 214 g/mol. The molecule has 0 aliphatic carbocycles. The van der Waals surface area contributed by atoms with Crippen LogP contribution in [0.2, 0.25) is 0 Å². The van der Waals surface area contributed by atoms with Gasteiger partial charge >= 0.3 is 5.97 Å². The predicted molar refractivity (Wildman–Crippen MR) is 55.9 cm³/mol. The second kappa shape index (κ2) is 3.04. The number of hydrogen-bond acceptors (Lipinski definition) is 5. The third-order valence-electron chi connectivity index (χ3n) is 2.57. The first-order valence-electron chi connectivity index (χ1n) is 4.57. The Morgan fingerprint density at radius 3 is 3.33 bits per heavy atom. The van der Waals surface area contributed by atoms with Gasteiger partial charge in [-0.15, -0.1) is 0 Å². The van der Waals surface area contributed by atoms with E-state index in [9.17, 15) is 4.79 Å². The molecule has 6 heteroatoms. The highest BCUT2D eigenvalue weighted by Crippen LogP contribution is 2.40. The van der Waals surface area contributed by atoms with Crippen molar-refractivity contribution in [3.8, 4) is 0 Å². The lowest BCUT2D eigenvalue weighted by molar-refractivity contribution is -0.133. The number of hydrogen-bond donors (Lipinski definition) is 3. The first-order chi connectivity index (χ1) is 7.25. The summed E-state index contributed by atoms with van der Waals surface area (Å²) >= 11 is 1.46. The van der Waals surface area contributed by atoms with Crippen LogP contribution in [0.4, 0.5) is 0 Å². The SMILES string of the molecule is O=C(O)C1=CSC2=CC3CNNC3=CN21. The van der Waals surface area contributed by atoms with E-state index in [1.54, 1.807) is 10.3 Å². The molecule has 0 aromatic heterocycles. The molecule has 3 rings (SSSR count). The highest BCUT2D eigenvalue weighted by Gasteiger charge is 2.32. The van der Waals surface area contributed by atoms with Gasteiger partial charge in [-0.2, -0.15) is 0 Å². The number of aliphatic carboxylic acids is 1. The second-order valence-corrected chi connectivity index (χ2v) is 4.39. The van der Waals surface area contributed by atoms with E-state index in [1.807, 2.05) is 6.20 Å². The maximum Gasteiger partial charge on any atom is 0.353 e. The molecule has 0 saturated carbocycles. The highest BCUT2D eigenvalue weighted by molar-refractivity contribution is 8.06. The number of thioether (sulfide) groups is 1. The Balaban J connectivity index is 1.97. The fraction of sp³-hybridized carbons (Fsp3) is 0.222. The van der Waals surface area contributed by atoms with E-state index >= 15 is 0 Å². The largest absolute Gasteiger partial charge is 0.477 e. The first kappa shape index (κ1) is 8.87. The number of rotatable bonds is 1. The van der Waals surface area contributed by atoms with Crippen molar-refractivity contribution < 1.29 is 9.90 Å². The Hall–Kier alpha value is -1.40. The zero-order valence-electron chi connectivity index (χ0n) is 7.73. The van der Waals surface area contributed by atoms with Gasteiger partial charge in [0.2, 0.25) is 0 Å². The summed E-state index contributed by atoms with van der Waals surface area (Å²) in [7, 11) is 0. The van der Waals surface area contributed by atoms with Crippen LogP contribution in [0.5, 0.6) is 0 Å². The van der Waals surface area contributed by atoms with Crippen LogP contribution < -0.4 is 10.9 Å². The van der Waals surface area contributed by atoms with Gasteiger partial charge < -0.3 is 15.4 Å². The third-order valence-corrected chi connectivity index (χ3v) is 3.49. The quantitative estimate of drug-likeness (QED) is 0.597. The molecule has 3 N–H and O–H groups in total. The highest BCUT2D eigenvalue weighted by atomic mass is 32.2. The Bertz CT molecular complexity index is 427. The molecule has 0 aromatic carbocycles. The summed E-state index contributed by atoms with van der Waals surface area (Å²) in [6.45, 7) is 0.853. The molecular formula is C9H9N3O2S. The lowest BCUT2D eigenvalue weighted by Crippen LogP contribution is -2.25. The monoisotopic (exact) mass is 223 g/mol. The fourth-order valence-electron chi connectivity index (χ4n) is 1.81. The molecule has 3 aliphatic rings. The second-order valence-electron chi connectivity index (χ2n) is 3.50. The number of nitrogens with zero attached hydrogens (tertiary/aromatic N) is 1. The van der Waals surface area contributed by atoms with Crippen molar-refractivity contribution >= 4 is 17.7 Å². The molecule has 0 amide bonds. The summed E-state index contributed by atoms with van der Waals surface area (Å²) in [6, 6.07) is 0. The van der Waals surface area contributed by atoms with Crippen molar-refractivity contribution in [3.05, 3.63) is 34.1 Å². The van der Waals surface area contributed by atoms with Crippen molar-refractivity contribution in [3.63, 3.8) is 0 Å². The third kappa shape index (κ3) is 1.25. The van der Waals surface area contributed by atoms with E-state index in [2.05, 4.69) is 16.9 Å². The molecule has 15 heavy (non-hydrogen) atoms. The number of nitrogens with one attached hydrogen (secondary N) is 2. The van der Waals surface area contributed by atoms with Crippen molar-refractivity contribution in [1.82, 2.24) is 15.8 Å². The van der Waals surface area contributed by atoms with E-state index < -0.39 is 5.97 Å². The minimum atomic E-state index is -0.896. The van der Waals surface area contributed by atoms with Gasteiger partial charge in [0.15, 0.2) is 0 Å². The summed E-state index contributed by atoms with van der Waals surface area (Å²) < 4.78 is 0. The number of hydrazine groups is 1. The van der Waals surface area contributed by atoms with Crippen LogP contribution in [0, 0.1) is 5.92 Å². The Kier molecular flexibility index (Phi) is 1.80. The molecule has 78 valence electrons. The van der Waals surface area contributed by atoms with Gasteiger partial charge in [0.25, 0.3) is 0 Å². The average Bonchev–Trinajstić information content (AvgIpc) is 2.77. The minimum Gasteiger partial charge on any atom is -0.477 e. The van der Waals surface area contributed by atoms with Crippen LogP contribution >= 0.6 is 11.8 Å². The number of carboxylic acids is 1. The van der Waals surface area contributed by atoms with E-state index in [-0.39, 0.29) is 0 Å². The van der Waals surface area contributed by atoms with Crippen LogP contribution in [0.15, 0.2) is 34.1 Å². The molecule has 0 bridgehead atoms. The Labute approximate surface area is 90.5 Å². The molecule has 1 fully saturated rings. The van der Waals surface area contributed by atoms with E-state index in [0.29, 0.717) is 11.6 Å². The molecule has 5 nitrogen and oxygen atoms in total. The number of fused-ring (bicyclic) bond motifs is 2. The first-order valence-corrected chi connectivity index (χ1v) is 5.45. The van der Waals surface area contributed by atoms with Crippen LogP contribution in [0.25, 0.3) is 0 Å². The van der Waals surface area contributed by atoms with Gasteiger partial charge in [0.1, 0.15) is 5.70 Å². The summed E-state index contributed by atoms with van der Waals surface area (Å²) in [5, 5.41) is 11.6. The van der Waals surface area contributed by atoms with Crippen molar-refractivity contribution in [2.45, 2.75) is 0 Å². The van der Waals surface area contributed by atoms with Gasteiger partial charge in [-0.25, -0.2) is 10.2 Å². The molecule has 3 heterocycles. The van der Waals surface area contributed by atoms with E-state index in [1.165, 1.54) is 11.8 Å². The predicted octanol–water partition coefficient (Wildman–Crippen LogP) is 0.382. The van der Waals surface area contributed by atoms with Gasteiger partial charge in [0, 0.05) is 24.1 Å². The molecule has 1 saturated heterocycles. The Morgan fingerprint density at radius 2 is 2.53 bits per heavy atom. The normalized spacial score (nSPS) is 27.3. The summed E-state index contributed by atoms with van der Waals surface area (Å²) in [5.74, 6) is -0.558. The lowest BCUT2D eigenvalue weighted by atomic mass is 10.1. The summed E-state index contributed by atoms with van der Waals surface area (Å²) in [6.07, 6.45) is 3.93. The number of carboxylic acid groups (broad SMARTS) is 1. The summed E-state index contributed by atoms with van der Waals surface area (Å²) in [5.41, 5.74) is 7.39. The van der Waals surface area contributed by atoms with Crippen LogP contribution in [0.3, 0.4) is 0 Å².